The lowest BCUT2D eigenvalue weighted by Crippen LogP contribution is -2.20. The van der Waals surface area contributed by atoms with Gasteiger partial charge in [-0.25, -0.2) is 4.98 Å². The normalized spacial score (nSPS) is 17.8. The maximum absolute atomic E-state index is 9.98. The number of thiazole rings is 1. The van der Waals surface area contributed by atoms with E-state index < -0.39 is 0 Å². The Bertz CT molecular complexity index is 570. The molecule has 1 N–H and O–H groups in total. The molecule has 1 atom stereocenters. The largest absolute Gasteiger partial charge is 0.387 e. The minimum atomic E-state index is -0.368. The van der Waals surface area contributed by atoms with Gasteiger partial charge in [0.2, 0.25) is 0 Å². The number of pyridine rings is 1. The number of anilines is 1. The van der Waals surface area contributed by atoms with E-state index in [4.69, 9.17) is 0 Å². The third-order valence-corrected chi connectivity index (χ3v) is 4.91. The summed E-state index contributed by atoms with van der Waals surface area (Å²) in [5.41, 5.74) is 2.00. The van der Waals surface area contributed by atoms with Crippen molar-refractivity contribution in [3.63, 3.8) is 0 Å². The molecule has 1 unspecified atom stereocenters. The maximum Gasteiger partial charge on any atom is 0.185 e. The summed E-state index contributed by atoms with van der Waals surface area (Å²) in [7, 11) is 2.06. The van der Waals surface area contributed by atoms with E-state index in [2.05, 4.69) is 21.9 Å². The van der Waals surface area contributed by atoms with E-state index in [0.717, 1.165) is 48.7 Å². The number of aliphatic hydroxyl groups is 1. The van der Waals surface area contributed by atoms with Crippen LogP contribution >= 0.6 is 11.3 Å². The monoisotopic (exact) mass is 289 g/mol. The first-order valence-electron chi connectivity index (χ1n) is 7.03. The van der Waals surface area contributed by atoms with Crippen LogP contribution in [-0.4, -0.2) is 28.7 Å². The molecule has 1 aliphatic rings. The molecule has 20 heavy (non-hydrogen) atoms. The predicted molar refractivity (Wildman–Crippen MR) is 81.2 cm³/mol. The van der Waals surface area contributed by atoms with Crippen LogP contribution in [0.15, 0.2) is 24.4 Å². The SMILES string of the molecule is CN(CCc1ccccn1)c1nc2c(s1)CCCC2O. The van der Waals surface area contributed by atoms with Gasteiger partial charge in [0.15, 0.2) is 5.13 Å². The fourth-order valence-electron chi connectivity index (χ4n) is 2.47. The van der Waals surface area contributed by atoms with Gasteiger partial charge in [-0.3, -0.25) is 4.98 Å². The van der Waals surface area contributed by atoms with E-state index in [-0.39, 0.29) is 6.10 Å². The first-order valence-corrected chi connectivity index (χ1v) is 7.84. The predicted octanol–water partition coefficient (Wildman–Crippen LogP) is 2.59. The van der Waals surface area contributed by atoms with Gasteiger partial charge in [0.25, 0.3) is 0 Å². The smallest absolute Gasteiger partial charge is 0.185 e. The van der Waals surface area contributed by atoms with Gasteiger partial charge in [0.05, 0.1) is 11.8 Å². The highest BCUT2D eigenvalue weighted by Gasteiger charge is 2.23. The number of hydrogen-bond acceptors (Lipinski definition) is 5. The van der Waals surface area contributed by atoms with E-state index in [0.29, 0.717) is 0 Å². The van der Waals surface area contributed by atoms with E-state index in [1.807, 2.05) is 24.4 Å². The van der Waals surface area contributed by atoms with Gasteiger partial charge in [-0.15, -0.1) is 11.3 Å². The summed E-state index contributed by atoms with van der Waals surface area (Å²) in [6, 6.07) is 5.99. The van der Waals surface area contributed by atoms with Gasteiger partial charge < -0.3 is 10.0 Å². The van der Waals surface area contributed by atoms with E-state index in [1.165, 1.54) is 4.88 Å². The summed E-state index contributed by atoms with van der Waals surface area (Å²) in [6.07, 6.45) is 5.32. The van der Waals surface area contributed by atoms with Crippen molar-refractivity contribution in [2.75, 3.05) is 18.5 Å². The van der Waals surface area contributed by atoms with E-state index >= 15 is 0 Å². The number of likely N-dealkylation sites (N-methyl/N-ethyl adjacent to an activating group) is 1. The van der Waals surface area contributed by atoms with Crippen LogP contribution in [0.1, 0.15) is 35.2 Å². The Morgan fingerprint density at radius 1 is 1.45 bits per heavy atom. The van der Waals surface area contributed by atoms with Crippen LogP contribution < -0.4 is 4.90 Å². The average molecular weight is 289 g/mol. The minimum absolute atomic E-state index is 0.368. The van der Waals surface area contributed by atoms with Crippen LogP contribution in [0.5, 0.6) is 0 Å². The van der Waals surface area contributed by atoms with Crippen LogP contribution in [-0.2, 0) is 12.8 Å². The standard InChI is InChI=1S/C15H19N3OS/c1-18(10-8-11-5-2-3-9-16-11)15-17-14-12(19)6-4-7-13(14)20-15/h2-3,5,9,12,19H,4,6-8,10H2,1H3. The lowest BCUT2D eigenvalue weighted by Gasteiger charge is -2.15. The zero-order chi connectivity index (χ0) is 13.9. The lowest BCUT2D eigenvalue weighted by molar-refractivity contribution is 0.153. The van der Waals surface area contributed by atoms with Gasteiger partial charge in [-0.05, 0) is 31.4 Å². The average Bonchev–Trinajstić information content (AvgIpc) is 2.91. The van der Waals surface area contributed by atoms with Crippen molar-refractivity contribution >= 4 is 16.5 Å². The Labute approximate surface area is 123 Å². The topological polar surface area (TPSA) is 49.2 Å². The fourth-order valence-corrected chi connectivity index (χ4v) is 3.61. The third kappa shape index (κ3) is 2.83. The van der Waals surface area contributed by atoms with Crippen LogP contribution in [0.4, 0.5) is 5.13 Å². The molecule has 5 heteroatoms. The number of aromatic nitrogens is 2. The van der Waals surface area contributed by atoms with Crippen LogP contribution in [0.3, 0.4) is 0 Å². The second-order valence-corrected chi connectivity index (χ2v) is 6.27. The Hall–Kier alpha value is -1.46. The van der Waals surface area contributed by atoms with Crippen molar-refractivity contribution < 1.29 is 5.11 Å². The number of rotatable bonds is 4. The molecule has 0 amide bonds. The van der Waals surface area contributed by atoms with Crippen molar-refractivity contribution in [1.82, 2.24) is 9.97 Å². The number of nitrogens with zero attached hydrogens (tertiary/aromatic N) is 3. The second kappa shape index (κ2) is 5.89. The number of aliphatic hydroxyl groups excluding tert-OH is 1. The van der Waals surface area contributed by atoms with Gasteiger partial charge in [-0.2, -0.15) is 0 Å². The lowest BCUT2D eigenvalue weighted by atomic mass is 10.0. The zero-order valence-corrected chi connectivity index (χ0v) is 12.4. The van der Waals surface area contributed by atoms with Gasteiger partial charge in [-0.1, -0.05) is 6.07 Å². The summed E-state index contributed by atoms with van der Waals surface area (Å²) in [6.45, 7) is 0.888. The fraction of sp³-hybridized carbons (Fsp3) is 0.467. The van der Waals surface area contributed by atoms with E-state index in [1.54, 1.807) is 11.3 Å². The Kier molecular flexibility index (Phi) is 3.98. The second-order valence-electron chi connectivity index (χ2n) is 5.21. The first kappa shape index (κ1) is 13.5. The molecular weight excluding hydrogens is 270 g/mol. The van der Waals surface area contributed by atoms with Gasteiger partial charge in [0, 0.05) is 36.8 Å². The highest BCUT2D eigenvalue weighted by atomic mass is 32.1. The highest BCUT2D eigenvalue weighted by molar-refractivity contribution is 7.15. The third-order valence-electron chi connectivity index (χ3n) is 3.67. The molecule has 0 bridgehead atoms. The van der Waals surface area contributed by atoms with Crippen molar-refractivity contribution in [3.05, 3.63) is 40.7 Å². The molecule has 0 fully saturated rings. The maximum atomic E-state index is 9.98. The summed E-state index contributed by atoms with van der Waals surface area (Å²) in [5.74, 6) is 0. The van der Waals surface area contributed by atoms with Crippen molar-refractivity contribution in [2.45, 2.75) is 31.8 Å². The molecule has 4 nitrogen and oxygen atoms in total. The molecule has 0 radical (unpaired) electrons. The number of hydrogen-bond donors (Lipinski definition) is 1. The molecule has 2 aromatic rings. The van der Waals surface area contributed by atoms with Crippen molar-refractivity contribution in [2.24, 2.45) is 0 Å². The molecule has 1 aliphatic carbocycles. The van der Waals surface area contributed by atoms with Crippen LogP contribution in [0.2, 0.25) is 0 Å². The molecule has 0 saturated carbocycles. The molecule has 0 spiro atoms. The summed E-state index contributed by atoms with van der Waals surface area (Å²) < 4.78 is 0. The summed E-state index contributed by atoms with van der Waals surface area (Å²) >= 11 is 1.72. The Morgan fingerprint density at radius 2 is 2.35 bits per heavy atom. The molecule has 2 aromatic heterocycles. The molecule has 0 aliphatic heterocycles. The van der Waals surface area contributed by atoms with E-state index in [9.17, 15) is 5.11 Å². The van der Waals surface area contributed by atoms with Crippen LogP contribution in [0.25, 0.3) is 0 Å². The van der Waals surface area contributed by atoms with Crippen molar-refractivity contribution in [3.8, 4) is 0 Å². The first-order chi connectivity index (χ1) is 9.74. The Balaban J connectivity index is 1.67. The number of fused-ring (bicyclic) bond motifs is 1. The number of aryl methyl sites for hydroxylation is 1. The Morgan fingerprint density at radius 3 is 3.10 bits per heavy atom. The van der Waals surface area contributed by atoms with Crippen molar-refractivity contribution in [1.29, 1.82) is 0 Å². The molecular formula is C15H19N3OS. The quantitative estimate of drug-likeness (QED) is 0.940. The van der Waals surface area contributed by atoms with Gasteiger partial charge in [0.1, 0.15) is 0 Å². The molecule has 2 heterocycles. The molecule has 106 valence electrons. The summed E-state index contributed by atoms with van der Waals surface area (Å²) in [4.78, 5) is 12.4. The minimum Gasteiger partial charge on any atom is -0.387 e. The molecule has 3 rings (SSSR count). The van der Waals surface area contributed by atoms with Gasteiger partial charge >= 0.3 is 0 Å². The zero-order valence-electron chi connectivity index (χ0n) is 11.6. The highest BCUT2D eigenvalue weighted by Crippen LogP contribution is 2.36. The summed E-state index contributed by atoms with van der Waals surface area (Å²) in [5, 5.41) is 11.0. The van der Waals surface area contributed by atoms with Crippen LogP contribution in [0, 0.1) is 0 Å². The molecule has 0 aromatic carbocycles. The molecule has 0 saturated heterocycles.